The average molecular weight is 317 g/mol. The number of ether oxygens (including phenoxy) is 1. The van der Waals surface area contributed by atoms with Crippen molar-refractivity contribution in [2.45, 2.75) is 46.3 Å². The van der Waals surface area contributed by atoms with Gasteiger partial charge in [-0.15, -0.1) is 0 Å². The van der Waals surface area contributed by atoms with Crippen molar-refractivity contribution in [3.63, 3.8) is 0 Å². The Bertz CT molecular complexity index is 632. The predicted molar refractivity (Wildman–Crippen MR) is 85.5 cm³/mol. The summed E-state index contributed by atoms with van der Waals surface area (Å²) in [5, 5.41) is 0. The number of esters is 1. The number of carbonyl (C=O) groups is 3. The number of amides is 1. The van der Waals surface area contributed by atoms with Gasteiger partial charge in [-0.3, -0.25) is 14.4 Å². The lowest BCUT2D eigenvalue weighted by molar-refractivity contribution is -0.168. The maximum absolute atomic E-state index is 12.4. The highest BCUT2D eigenvalue weighted by Gasteiger charge is 2.56. The number of hydrogen-bond donors (Lipinski definition) is 0. The van der Waals surface area contributed by atoms with Gasteiger partial charge < -0.3 is 9.64 Å². The molecule has 1 aromatic rings. The molecule has 5 nitrogen and oxygen atoms in total. The zero-order chi connectivity index (χ0) is 17.4. The van der Waals surface area contributed by atoms with Gasteiger partial charge in [0, 0.05) is 6.54 Å². The average Bonchev–Trinajstić information content (AvgIpc) is 2.71. The van der Waals surface area contributed by atoms with Crippen molar-refractivity contribution in [1.29, 1.82) is 0 Å². The van der Waals surface area contributed by atoms with Crippen molar-refractivity contribution in [2.24, 2.45) is 5.41 Å². The summed E-state index contributed by atoms with van der Waals surface area (Å²) >= 11 is 0. The Kier molecular flexibility index (Phi) is 4.33. The highest BCUT2D eigenvalue weighted by molar-refractivity contribution is 6.44. The molecule has 1 aromatic carbocycles. The second-order valence-corrected chi connectivity index (χ2v) is 7.18. The van der Waals surface area contributed by atoms with Crippen molar-refractivity contribution in [3.8, 4) is 0 Å². The SMILES string of the molecule is C[C@H](c1ccccc1)N1C[C@@](C)(C(=O)OC(C)(C)C)C(=O)C1=O. The van der Waals surface area contributed by atoms with Gasteiger partial charge in [0.05, 0.1) is 6.04 Å². The van der Waals surface area contributed by atoms with E-state index in [-0.39, 0.29) is 12.6 Å². The zero-order valence-corrected chi connectivity index (χ0v) is 14.3. The number of Topliss-reactive ketones (excluding diaryl/α,β-unsaturated/α-hetero) is 1. The minimum atomic E-state index is -1.45. The molecular weight excluding hydrogens is 294 g/mol. The first-order chi connectivity index (χ1) is 10.6. The summed E-state index contributed by atoms with van der Waals surface area (Å²) in [5.74, 6) is -1.98. The van der Waals surface area contributed by atoms with Gasteiger partial charge in [0.2, 0.25) is 5.78 Å². The van der Waals surface area contributed by atoms with Crippen LogP contribution in [0, 0.1) is 5.41 Å². The van der Waals surface area contributed by atoms with Crippen LogP contribution < -0.4 is 0 Å². The molecule has 1 amide bonds. The fourth-order valence-electron chi connectivity index (χ4n) is 2.62. The van der Waals surface area contributed by atoms with E-state index >= 15 is 0 Å². The minimum absolute atomic E-state index is 0.0373. The second kappa shape index (κ2) is 5.80. The fourth-order valence-corrected chi connectivity index (χ4v) is 2.62. The Morgan fingerprint density at radius 1 is 1.22 bits per heavy atom. The molecule has 0 unspecified atom stereocenters. The van der Waals surface area contributed by atoms with Crippen molar-refractivity contribution in [1.82, 2.24) is 4.90 Å². The maximum Gasteiger partial charge on any atom is 0.322 e. The molecule has 1 saturated heterocycles. The first kappa shape index (κ1) is 17.2. The van der Waals surface area contributed by atoms with Gasteiger partial charge in [-0.05, 0) is 40.2 Å². The van der Waals surface area contributed by atoms with Crippen LogP contribution in [0.2, 0.25) is 0 Å². The molecule has 0 bridgehead atoms. The summed E-state index contributed by atoms with van der Waals surface area (Å²) in [6.07, 6.45) is 0. The van der Waals surface area contributed by atoms with Gasteiger partial charge in [-0.2, -0.15) is 0 Å². The first-order valence-corrected chi connectivity index (χ1v) is 7.70. The molecule has 1 aliphatic rings. The van der Waals surface area contributed by atoms with E-state index in [9.17, 15) is 14.4 Å². The number of hydrogen-bond acceptors (Lipinski definition) is 4. The van der Waals surface area contributed by atoms with Gasteiger partial charge >= 0.3 is 5.97 Å². The third-order valence-corrected chi connectivity index (χ3v) is 4.04. The molecule has 1 heterocycles. The van der Waals surface area contributed by atoms with E-state index < -0.39 is 28.7 Å². The van der Waals surface area contributed by atoms with Crippen LogP contribution in [0.3, 0.4) is 0 Å². The highest BCUT2D eigenvalue weighted by atomic mass is 16.6. The third kappa shape index (κ3) is 3.28. The summed E-state index contributed by atoms with van der Waals surface area (Å²) in [6, 6.07) is 9.15. The number of benzene rings is 1. The molecule has 5 heteroatoms. The molecular formula is C18H23NO4. The number of rotatable bonds is 3. The Morgan fingerprint density at radius 3 is 2.30 bits per heavy atom. The van der Waals surface area contributed by atoms with Gasteiger partial charge in [0.15, 0.2) is 5.41 Å². The summed E-state index contributed by atoms with van der Waals surface area (Å²) in [4.78, 5) is 38.7. The van der Waals surface area contributed by atoms with E-state index in [0.29, 0.717) is 0 Å². The quantitative estimate of drug-likeness (QED) is 0.488. The summed E-state index contributed by atoms with van der Waals surface area (Å²) < 4.78 is 5.34. The molecule has 0 N–H and O–H groups in total. The number of nitrogens with zero attached hydrogens (tertiary/aromatic N) is 1. The zero-order valence-electron chi connectivity index (χ0n) is 14.3. The molecule has 23 heavy (non-hydrogen) atoms. The molecule has 1 fully saturated rings. The van der Waals surface area contributed by atoms with Crippen LogP contribution in [0.5, 0.6) is 0 Å². The van der Waals surface area contributed by atoms with Crippen LogP contribution >= 0.6 is 0 Å². The lowest BCUT2D eigenvalue weighted by Gasteiger charge is -2.28. The number of ketones is 1. The van der Waals surface area contributed by atoms with Crippen LogP contribution in [0.15, 0.2) is 30.3 Å². The van der Waals surface area contributed by atoms with E-state index in [0.717, 1.165) is 5.56 Å². The number of likely N-dealkylation sites (tertiary alicyclic amines) is 1. The van der Waals surface area contributed by atoms with E-state index in [1.54, 1.807) is 20.8 Å². The summed E-state index contributed by atoms with van der Waals surface area (Å²) in [6.45, 7) is 8.58. The Labute approximate surface area is 136 Å². The van der Waals surface area contributed by atoms with E-state index in [1.807, 2.05) is 37.3 Å². The normalized spacial score (nSPS) is 23.1. The molecule has 1 aliphatic heterocycles. The fraction of sp³-hybridized carbons (Fsp3) is 0.500. The minimum Gasteiger partial charge on any atom is -0.459 e. The van der Waals surface area contributed by atoms with Gasteiger partial charge in [0.25, 0.3) is 5.91 Å². The van der Waals surface area contributed by atoms with Crippen molar-refractivity contribution < 1.29 is 19.1 Å². The third-order valence-electron chi connectivity index (χ3n) is 4.04. The standard InChI is InChI=1S/C18H23NO4/c1-12(13-9-7-6-8-10-13)19-11-18(5,14(20)15(19)21)16(22)23-17(2,3)4/h6-10,12H,11H2,1-5H3/t12-,18-/m1/s1. The molecule has 0 radical (unpaired) electrons. The molecule has 124 valence electrons. The lowest BCUT2D eigenvalue weighted by atomic mass is 9.88. The van der Waals surface area contributed by atoms with Gasteiger partial charge in [0.1, 0.15) is 5.60 Å². The van der Waals surface area contributed by atoms with Gasteiger partial charge in [-0.25, -0.2) is 0 Å². The van der Waals surface area contributed by atoms with Crippen LogP contribution in [-0.2, 0) is 19.1 Å². The first-order valence-electron chi connectivity index (χ1n) is 7.70. The van der Waals surface area contributed by atoms with E-state index in [4.69, 9.17) is 4.74 Å². The van der Waals surface area contributed by atoms with Crippen LogP contribution in [0.25, 0.3) is 0 Å². The lowest BCUT2D eigenvalue weighted by Crippen LogP contribution is -2.41. The van der Waals surface area contributed by atoms with Crippen molar-refractivity contribution in [3.05, 3.63) is 35.9 Å². The van der Waals surface area contributed by atoms with Crippen molar-refractivity contribution in [2.75, 3.05) is 6.54 Å². The highest BCUT2D eigenvalue weighted by Crippen LogP contribution is 2.35. The van der Waals surface area contributed by atoms with Crippen molar-refractivity contribution >= 4 is 17.7 Å². The molecule has 2 rings (SSSR count). The Balaban J connectivity index is 2.26. The van der Waals surface area contributed by atoms with E-state index in [1.165, 1.54) is 11.8 Å². The predicted octanol–water partition coefficient (Wildman–Crippen LogP) is 2.51. The van der Waals surface area contributed by atoms with Gasteiger partial charge in [-0.1, -0.05) is 30.3 Å². The Hall–Kier alpha value is -2.17. The molecule has 0 aromatic heterocycles. The topological polar surface area (TPSA) is 63.7 Å². The summed E-state index contributed by atoms with van der Waals surface area (Å²) in [7, 11) is 0. The molecule has 0 spiro atoms. The molecule has 0 aliphatic carbocycles. The van der Waals surface area contributed by atoms with Crippen LogP contribution in [-0.4, -0.2) is 34.7 Å². The monoisotopic (exact) mass is 317 g/mol. The molecule has 2 atom stereocenters. The maximum atomic E-state index is 12.4. The van der Waals surface area contributed by atoms with Crippen LogP contribution in [0.1, 0.15) is 46.2 Å². The van der Waals surface area contributed by atoms with E-state index in [2.05, 4.69) is 0 Å². The van der Waals surface area contributed by atoms with Crippen LogP contribution in [0.4, 0.5) is 0 Å². The summed E-state index contributed by atoms with van der Waals surface area (Å²) in [5.41, 5.74) is -1.24. The smallest absolute Gasteiger partial charge is 0.322 e. The number of carbonyl (C=O) groups excluding carboxylic acids is 3. The second-order valence-electron chi connectivity index (χ2n) is 7.18. The largest absolute Gasteiger partial charge is 0.459 e. The Morgan fingerprint density at radius 2 is 1.78 bits per heavy atom. The molecule has 0 saturated carbocycles.